The quantitative estimate of drug-likeness (QED) is 0.754. The summed E-state index contributed by atoms with van der Waals surface area (Å²) < 4.78 is 5.16. The van der Waals surface area contributed by atoms with Crippen LogP contribution in [0.2, 0.25) is 0 Å². The van der Waals surface area contributed by atoms with Gasteiger partial charge in [0.15, 0.2) is 0 Å². The van der Waals surface area contributed by atoms with Gasteiger partial charge in [-0.15, -0.1) is 0 Å². The van der Waals surface area contributed by atoms with Crippen LogP contribution in [0.1, 0.15) is 43.4 Å². The first-order valence-corrected chi connectivity index (χ1v) is 6.32. The Kier molecular flexibility index (Phi) is 3.77. The van der Waals surface area contributed by atoms with E-state index in [2.05, 4.69) is 11.1 Å². The van der Waals surface area contributed by atoms with Crippen LogP contribution in [0.4, 0.5) is 0 Å². The highest BCUT2D eigenvalue weighted by Gasteiger charge is 2.35. The van der Waals surface area contributed by atoms with E-state index in [0.717, 1.165) is 25.0 Å². The van der Waals surface area contributed by atoms with Gasteiger partial charge < -0.3 is 4.74 Å². The first-order valence-electron chi connectivity index (χ1n) is 6.32. The Morgan fingerprint density at radius 3 is 3.06 bits per heavy atom. The van der Waals surface area contributed by atoms with E-state index in [1.54, 1.807) is 6.20 Å². The smallest absolute Gasteiger partial charge is 0.309 e. The molecule has 92 valence electrons. The highest BCUT2D eigenvalue weighted by atomic mass is 16.5. The number of esters is 1. The third kappa shape index (κ3) is 2.48. The van der Waals surface area contributed by atoms with Crippen LogP contribution in [0.3, 0.4) is 0 Å². The molecule has 1 heterocycles. The van der Waals surface area contributed by atoms with Gasteiger partial charge in [0.05, 0.1) is 12.5 Å². The fraction of sp³-hybridized carbons (Fsp3) is 0.571. The Bertz CT molecular complexity index is 403. The molecule has 0 N–H and O–H groups in total. The summed E-state index contributed by atoms with van der Waals surface area (Å²) in [7, 11) is 0. The van der Waals surface area contributed by atoms with Crippen molar-refractivity contribution in [3.8, 4) is 0 Å². The summed E-state index contributed by atoms with van der Waals surface area (Å²) in [5, 5.41) is 0. The van der Waals surface area contributed by atoms with Gasteiger partial charge in [-0.05, 0) is 44.2 Å². The van der Waals surface area contributed by atoms with Crippen molar-refractivity contribution < 1.29 is 9.53 Å². The fourth-order valence-corrected chi connectivity index (χ4v) is 2.75. The molecular formula is C14H19NO2. The van der Waals surface area contributed by atoms with Crippen LogP contribution in [-0.2, 0) is 9.53 Å². The summed E-state index contributed by atoms with van der Waals surface area (Å²) in [4.78, 5) is 16.2. The van der Waals surface area contributed by atoms with E-state index in [-0.39, 0.29) is 11.9 Å². The summed E-state index contributed by atoms with van der Waals surface area (Å²) in [6.07, 6.45) is 4.91. The van der Waals surface area contributed by atoms with E-state index in [1.807, 2.05) is 19.9 Å². The van der Waals surface area contributed by atoms with Crippen LogP contribution >= 0.6 is 0 Å². The maximum atomic E-state index is 11.9. The van der Waals surface area contributed by atoms with Crippen LogP contribution in [0.5, 0.6) is 0 Å². The van der Waals surface area contributed by atoms with Gasteiger partial charge in [0.25, 0.3) is 0 Å². The van der Waals surface area contributed by atoms with Crippen molar-refractivity contribution in [2.24, 2.45) is 5.92 Å². The molecule has 1 aliphatic carbocycles. The Morgan fingerprint density at radius 2 is 2.35 bits per heavy atom. The summed E-state index contributed by atoms with van der Waals surface area (Å²) in [6.45, 7) is 4.33. The Hall–Kier alpha value is -1.38. The topological polar surface area (TPSA) is 39.2 Å². The van der Waals surface area contributed by atoms with E-state index < -0.39 is 0 Å². The van der Waals surface area contributed by atoms with Crippen molar-refractivity contribution in [1.82, 2.24) is 4.98 Å². The van der Waals surface area contributed by atoms with Crippen LogP contribution < -0.4 is 0 Å². The third-order valence-electron chi connectivity index (χ3n) is 3.55. The van der Waals surface area contributed by atoms with Crippen molar-refractivity contribution in [1.29, 1.82) is 0 Å². The van der Waals surface area contributed by atoms with Gasteiger partial charge in [0.2, 0.25) is 0 Å². The second-order valence-electron chi connectivity index (χ2n) is 4.57. The summed E-state index contributed by atoms with van der Waals surface area (Å²) in [6, 6.07) is 4.04. The lowest BCUT2D eigenvalue weighted by Gasteiger charge is -2.19. The largest absolute Gasteiger partial charge is 0.466 e. The van der Waals surface area contributed by atoms with Gasteiger partial charge in [0.1, 0.15) is 0 Å². The molecule has 1 saturated carbocycles. The van der Waals surface area contributed by atoms with E-state index in [4.69, 9.17) is 4.74 Å². The summed E-state index contributed by atoms with van der Waals surface area (Å²) >= 11 is 0. The predicted molar refractivity (Wildman–Crippen MR) is 65.7 cm³/mol. The lowest BCUT2D eigenvalue weighted by atomic mass is 9.88. The number of hydrogen-bond donors (Lipinski definition) is 0. The van der Waals surface area contributed by atoms with Crippen molar-refractivity contribution in [3.63, 3.8) is 0 Å². The first-order chi connectivity index (χ1) is 8.24. The Labute approximate surface area is 102 Å². The number of ether oxygens (including phenoxy) is 1. The summed E-state index contributed by atoms with van der Waals surface area (Å²) in [5.74, 6) is 0.277. The normalized spacial score (nSPS) is 23.6. The zero-order valence-electron chi connectivity index (χ0n) is 10.5. The average molecular weight is 233 g/mol. The minimum absolute atomic E-state index is 0.0258. The molecule has 0 aliphatic heterocycles. The van der Waals surface area contributed by atoms with Crippen LogP contribution in [0.15, 0.2) is 18.3 Å². The molecule has 1 aromatic heterocycles. The monoisotopic (exact) mass is 233 g/mol. The molecule has 17 heavy (non-hydrogen) atoms. The number of pyridine rings is 1. The molecule has 0 amide bonds. The molecule has 3 nitrogen and oxygen atoms in total. The van der Waals surface area contributed by atoms with Crippen LogP contribution in [0, 0.1) is 12.8 Å². The molecule has 2 rings (SSSR count). The highest BCUT2D eigenvalue weighted by molar-refractivity contribution is 5.74. The third-order valence-corrected chi connectivity index (χ3v) is 3.55. The minimum atomic E-state index is -0.0433. The Morgan fingerprint density at radius 1 is 1.53 bits per heavy atom. The molecule has 0 radical (unpaired) electrons. The molecule has 1 aromatic rings. The van der Waals surface area contributed by atoms with Gasteiger partial charge in [-0.1, -0.05) is 12.5 Å². The van der Waals surface area contributed by atoms with Gasteiger partial charge in [-0.3, -0.25) is 9.78 Å². The molecule has 1 fully saturated rings. The number of hydrogen-bond acceptors (Lipinski definition) is 3. The molecule has 1 aliphatic rings. The number of nitrogens with zero attached hydrogens (tertiary/aromatic N) is 1. The van der Waals surface area contributed by atoms with Crippen molar-refractivity contribution in [3.05, 3.63) is 29.6 Å². The molecule has 0 spiro atoms. The number of aromatic nitrogens is 1. The number of carbonyl (C=O) groups is 1. The molecular weight excluding hydrogens is 214 g/mol. The second kappa shape index (κ2) is 5.30. The zero-order chi connectivity index (χ0) is 12.3. The molecule has 0 bridgehead atoms. The second-order valence-corrected chi connectivity index (χ2v) is 4.57. The molecule has 0 saturated heterocycles. The molecule has 2 unspecified atom stereocenters. The van der Waals surface area contributed by atoms with Crippen LogP contribution in [0.25, 0.3) is 0 Å². The molecule has 3 heteroatoms. The first kappa shape index (κ1) is 12.1. The van der Waals surface area contributed by atoms with Gasteiger partial charge in [-0.2, -0.15) is 0 Å². The fourth-order valence-electron chi connectivity index (χ4n) is 2.75. The maximum Gasteiger partial charge on any atom is 0.309 e. The average Bonchev–Trinajstić information content (AvgIpc) is 2.79. The number of aryl methyl sites for hydroxylation is 1. The lowest BCUT2D eigenvalue weighted by molar-refractivity contribution is -0.148. The summed E-state index contributed by atoms with van der Waals surface area (Å²) in [5.41, 5.74) is 2.25. The minimum Gasteiger partial charge on any atom is -0.466 e. The maximum absolute atomic E-state index is 11.9. The van der Waals surface area contributed by atoms with E-state index in [1.165, 1.54) is 5.56 Å². The predicted octanol–water partition coefficient (Wildman–Crippen LogP) is 2.84. The van der Waals surface area contributed by atoms with Crippen molar-refractivity contribution >= 4 is 5.97 Å². The van der Waals surface area contributed by atoms with E-state index in [0.29, 0.717) is 12.5 Å². The van der Waals surface area contributed by atoms with Gasteiger partial charge in [0, 0.05) is 11.9 Å². The van der Waals surface area contributed by atoms with Crippen molar-refractivity contribution in [2.75, 3.05) is 6.61 Å². The van der Waals surface area contributed by atoms with Crippen LogP contribution in [-0.4, -0.2) is 17.6 Å². The molecule has 2 atom stereocenters. The SMILES string of the molecule is CCOC(=O)C1CCCC1c1cccnc1C. The van der Waals surface area contributed by atoms with E-state index >= 15 is 0 Å². The number of carbonyl (C=O) groups excluding carboxylic acids is 1. The van der Waals surface area contributed by atoms with Gasteiger partial charge >= 0.3 is 5.97 Å². The standard InChI is InChI=1S/C14H19NO2/c1-3-17-14(16)13-7-4-6-12(13)11-8-5-9-15-10(11)2/h5,8-9,12-13H,3-4,6-7H2,1-2H3. The number of rotatable bonds is 3. The lowest BCUT2D eigenvalue weighted by Crippen LogP contribution is -2.21. The van der Waals surface area contributed by atoms with Gasteiger partial charge in [-0.25, -0.2) is 0 Å². The zero-order valence-corrected chi connectivity index (χ0v) is 10.5. The van der Waals surface area contributed by atoms with E-state index in [9.17, 15) is 4.79 Å². The Balaban J connectivity index is 2.20. The highest BCUT2D eigenvalue weighted by Crippen LogP contribution is 2.40. The molecule has 0 aromatic carbocycles. The van der Waals surface area contributed by atoms with Crippen molar-refractivity contribution in [2.45, 2.75) is 39.0 Å².